The van der Waals surface area contributed by atoms with Gasteiger partial charge in [0.15, 0.2) is 0 Å². The summed E-state index contributed by atoms with van der Waals surface area (Å²) in [4.78, 5) is 14.2. The molecule has 5 heteroatoms. The summed E-state index contributed by atoms with van der Waals surface area (Å²) < 4.78 is 10.3. The van der Waals surface area contributed by atoms with Gasteiger partial charge in [-0.1, -0.05) is 6.92 Å². The van der Waals surface area contributed by atoms with Gasteiger partial charge in [0.1, 0.15) is 6.04 Å². The zero-order chi connectivity index (χ0) is 14.1. The number of carbonyl (C=O) groups excluding carboxylic acids is 1. The number of rotatable bonds is 8. The molecule has 1 rings (SSSR count). The number of nitrogens with one attached hydrogen (secondary N) is 1. The van der Waals surface area contributed by atoms with Crippen molar-refractivity contribution in [2.75, 3.05) is 46.5 Å². The highest BCUT2D eigenvalue weighted by Gasteiger charge is 2.25. The maximum Gasteiger partial charge on any atom is 0.324 e. The van der Waals surface area contributed by atoms with Crippen LogP contribution in [0.3, 0.4) is 0 Å². The maximum atomic E-state index is 11.8. The summed E-state index contributed by atoms with van der Waals surface area (Å²) in [5.74, 6) is 0.532. The van der Waals surface area contributed by atoms with Crippen LogP contribution in [0.1, 0.15) is 26.7 Å². The Balaban J connectivity index is 2.36. The van der Waals surface area contributed by atoms with E-state index in [1.807, 2.05) is 13.8 Å². The van der Waals surface area contributed by atoms with Gasteiger partial charge in [0.2, 0.25) is 0 Å². The average molecular weight is 272 g/mol. The first-order valence-electron chi connectivity index (χ1n) is 7.32. The van der Waals surface area contributed by atoms with E-state index >= 15 is 0 Å². The Kier molecular flexibility index (Phi) is 8.02. The molecule has 0 aliphatic carbocycles. The molecular weight excluding hydrogens is 244 g/mol. The Hall–Kier alpha value is -0.650. The number of nitrogens with zero attached hydrogens (tertiary/aromatic N) is 1. The lowest BCUT2D eigenvalue weighted by molar-refractivity contribution is -0.146. The molecule has 1 aliphatic rings. The van der Waals surface area contributed by atoms with Crippen LogP contribution < -0.4 is 5.32 Å². The van der Waals surface area contributed by atoms with Gasteiger partial charge in [-0.15, -0.1) is 0 Å². The Labute approximate surface area is 116 Å². The van der Waals surface area contributed by atoms with E-state index < -0.39 is 0 Å². The largest absolute Gasteiger partial charge is 0.465 e. The summed E-state index contributed by atoms with van der Waals surface area (Å²) in [5, 5.41) is 3.21. The van der Waals surface area contributed by atoms with Crippen LogP contribution in [0.25, 0.3) is 0 Å². The number of piperidine rings is 1. The number of hydrogen-bond acceptors (Lipinski definition) is 5. The monoisotopic (exact) mass is 272 g/mol. The molecule has 1 atom stereocenters. The first-order valence-corrected chi connectivity index (χ1v) is 7.32. The second kappa shape index (κ2) is 9.28. The lowest BCUT2D eigenvalue weighted by atomic mass is 9.97. The highest BCUT2D eigenvalue weighted by Crippen LogP contribution is 2.17. The fourth-order valence-electron chi connectivity index (χ4n) is 2.54. The van der Waals surface area contributed by atoms with Gasteiger partial charge in [0.05, 0.1) is 6.61 Å². The molecule has 1 saturated heterocycles. The van der Waals surface area contributed by atoms with Crippen LogP contribution in [-0.2, 0) is 14.3 Å². The molecule has 1 N–H and O–H groups in total. The number of methoxy groups -OCH3 is 1. The molecule has 0 saturated carbocycles. The molecule has 0 bridgehead atoms. The number of carbonyl (C=O) groups is 1. The molecular formula is C14H28N2O3. The third kappa shape index (κ3) is 5.89. The van der Waals surface area contributed by atoms with Crippen molar-refractivity contribution in [2.45, 2.75) is 32.7 Å². The van der Waals surface area contributed by atoms with Crippen LogP contribution >= 0.6 is 0 Å². The van der Waals surface area contributed by atoms with Crippen LogP contribution in [0.2, 0.25) is 0 Å². The van der Waals surface area contributed by atoms with Gasteiger partial charge in [-0.05, 0) is 45.3 Å². The van der Waals surface area contributed by atoms with Gasteiger partial charge in [0.25, 0.3) is 0 Å². The van der Waals surface area contributed by atoms with Gasteiger partial charge in [-0.25, -0.2) is 0 Å². The first-order chi connectivity index (χ1) is 9.21. The van der Waals surface area contributed by atoms with Crippen LogP contribution in [0.4, 0.5) is 0 Å². The minimum Gasteiger partial charge on any atom is -0.465 e. The van der Waals surface area contributed by atoms with Crippen LogP contribution in [0.5, 0.6) is 0 Å². The lowest BCUT2D eigenvalue weighted by Gasteiger charge is -2.33. The predicted octanol–water partition coefficient (Wildman–Crippen LogP) is 0.886. The highest BCUT2D eigenvalue weighted by molar-refractivity contribution is 5.76. The topological polar surface area (TPSA) is 50.8 Å². The van der Waals surface area contributed by atoms with Crippen LogP contribution in [0, 0.1) is 5.92 Å². The Morgan fingerprint density at radius 2 is 2.05 bits per heavy atom. The molecule has 112 valence electrons. The van der Waals surface area contributed by atoms with Crippen molar-refractivity contribution < 1.29 is 14.3 Å². The van der Waals surface area contributed by atoms with Crippen molar-refractivity contribution in [1.29, 1.82) is 0 Å². The zero-order valence-corrected chi connectivity index (χ0v) is 12.5. The van der Waals surface area contributed by atoms with E-state index in [0.717, 1.165) is 45.6 Å². The molecule has 1 unspecified atom stereocenters. The predicted molar refractivity (Wildman–Crippen MR) is 75.1 cm³/mol. The van der Waals surface area contributed by atoms with Crippen molar-refractivity contribution >= 4 is 5.97 Å². The molecule has 1 fully saturated rings. The second-order valence-electron chi connectivity index (χ2n) is 5.06. The van der Waals surface area contributed by atoms with Crippen molar-refractivity contribution in [3.63, 3.8) is 0 Å². The van der Waals surface area contributed by atoms with Gasteiger partial charge in [-0.3, -0.25) is 4.79 Å². The van der Waals surface area contributed by atoms with Crippen LogP contribution in [0.15, 0.2) is 0 Å². The quantitative estimate of drug-likeness (QED) is 0.665. The van der Waals surface area contributed by atoms with Crippen molar-refractivity contribution in [1.82, 2.24) is 10.2 Å². The highest BCUT2D eigenvalue weighted by atomic mass is 16.5. The number of likely N-dealkylation sites (N-methyl/N-ethyl adjacent to an activating group) is 1. The normalized spacial score (nSPS) is 19.3. The maximum absolute atomic E-state index is 11.8. The van der Waals surface area contributed by atoms with Crippen molar-refractivity contribution in [2.24, 2.45) is 5.92 Å². The average Bonchev–Trinajstić information content (AvgIpc) is 2.41. The van der Waals surface area contributed by atoms with Crippen molar-refractivity contribution in [3.8, 4) is 0 Å². The van der Waals surface area contributed by atoms with Crippen LogP contribution in [-0.4, -0.2) is 63.4 Å². The van der Waals surface area contributed by atoms with E-state index in [2.05, 4.69) is 10.2 Å². The van der Waals surface area contributed by atoms with E-state index in [9.17, 15) is 4.79 Å². The van der Waals surface area contributed by atoms with Gasteiger partial charge >= 0.3 is 5.97 Å². The molecule has 1 aliphatic heterocycles. The molecule has 0 aromatic rings. The molecule has 0 aromatic carbocycles. The molecule has 5 nitrogen and oxygen atoms in total. The fraction of sp³-hybridized carbons (Fsp3) is 0.929. The Morgan fingerprint density at radius 1 is 1.37 bits per heavy atom. The Bertz CT molecular complexity index is 253. The minimum atomic E-state index is -0.205. The fourth-order valence-corrected chi connectivity index (χ4v) is 2.54. The molecule has 1 heterocycles. The molecule has 0 amide bonds. The number of ether oxygens (including phenoxy) is 2. The third-order valence-electron chi connectivity index (χ3n) is 3.57. The summed E-state index contributed by atoms with van der Waals surface area (Å²) in [6, 6.07) is -0.205. The summed E-state index contributed by atoms with van der Waals surface area (Å²) >= 11 is 0. The lowest BCUT2D eigenvalue weighted by Crippen LogP contribution is -2.49. The van der Waals surface area contributed by atoms with Crippen molar-refractivity contribution in [3.05, 3.63) is 0 Å². The van der Waals surface area contributed by atoms with E-state index in [0.29, 0.717) is 12.5 Å². The molecule has 0 radical (unpaired) electrons. The van der Waals surface area contributed by atoms with E-state index in [1.54, 1.807) is 7.11 Å². The standard InChI is InChI=1S/C14H28N2O3/c1-4-15-13(14(17)19-5-2)10-16-8-6-12(7-9-16)11-18-3/h12-13,15H,4-11H2,1-3H3. The summed E-state index contributed by atoms with van der Waals surface area (Å²) in [7, 11) is 1.76. The molecule has 0 aromatic heterocycles. The molecule has 0 spiro atoms. The van der Waals surface area contributed by atoms with Gasteiger partial charge in [0, 0.05) is 20.3 Å². The summed E-state index contributed by atoms with van der Waals surface area (Å²) in [6.07, 6.45) is 2.30. The minimum absolute atomic E-state index is 0.136. The summed E-state index contributed by atoms with van der Waals surface area (Å²) in [6.45, 7) is 8.74. The SMILES string of the molecule is CCNC(CN1CCC(COC)CC1)C(=O)OCC. The summed E-state index contributed by atoms with van der Waals surface area (Å²) in [5.41, 5.74) is 0. The van der Waals surface area contributed by atoms with E-state index in [-0.39, 0.29) is 12.0 Å². The first kappa shape index (κ1) is 16.4. The number of likely N-dealkylation sites (tertiary alicyclic amines) is 1. The number of hydrogen-bond donors (Lipinski definition) is 1. The number of esters is 1. The van der Waals surface area contributed by atoms with E-state index in [4.69, 9.17) is 9.47 Å². The van der Waals surface area contributed by atoms with E-state index in [1.165, 1.54) is 0 Å². The second-order valence-corrected chi connectivity index (χ2v) is 5.06. The zero-order valence-electron chi connectivity index (χ0n) is 12.5. The Morgan fingerprint density at radius 3 is 2.58 bits per heavy atom. The third-order valence-corrected chi connectivity index (χ3v) is 3.57. The molecule has 19 heavy (non-hydrogen) atoms. The smallest absolute Gasteiger partial charge is 0.324 e. The van der Waals surface area contributed by atoms with Gasteiger partial charge in [-0.2, -0.15) is 0 Å². The van der Waals surface area contributed by atoms with Gasteiger partial charge < -0.3 is 19.7 Å².